The Bertz CT molecular complexity index is 1120. The summed E-state index contributed by atoms with van der Waals surface area (Å²) in [6.45, 7) is 31.4. The van der Waals surface area contributed by atoms with Gasteiger partial charge in [0.1, 0.15) is 0 Å². The van der Waals surface area contributed by atoms with Crippen molar-refractivity contribution in [3.05, 3.63) is 58.7 Å². The summed E-state index contributed by atoms with van der Waals surface area (Å²) < 4.78 is 5.77. The van der Waals surface area contributed by atoms with Gasteiger partial charge in [-0.25, -0.2) is 0 Å². The molecule has 0 radical (unpaired) electrons. The van der Waals surface area contributed by atoms with Gasteiger partial charge in [-0.1, -0.05) is 83.4 Å². The second-order valence-corrected chi connectivity index (χ2v) is 15.7. The highest BCUT2D eigenvalue weighted by atomic mass is 16.5. The molecule has 1 heteroatoms. The molecule has 1 nitrogen and oxygen atoms in total. The molecule has 39 heavy (non-hydrogen) atoms. The van der Waals surface area contributed by atoms with E-state index >= 15 is 0 Å². The predicted molar refractivity (Wildman–Crippen MR) is 168 cm³/mol. The molecule has 3 fully saturated rings. The Hall–Kier alpha value is -1.34. The van der Waals surface area contributed by atoms with Gasteiger partial charge in [-0.2, -0.15) is 0 Å². The van der Waals surface area contributed by atoms with Crippen molar-refractivity contribution in [3.63, 3.8) is 0 Å². The summed E-state index contributed by atoms with van der Waals surface area (Å²) in [6, 6.07) is 0. The first-order chi connectivity index (χ1) is 18.3. The average molecular weight is 531 g/mol. The van der Waals surface area contributed by atoms with Crippen molar-refractivity contribution in [2.24, 2.45) is 45.8 Å². The highest BCUT2D eigenvalue weighted by molar-refractivity contribution is 5.60. The number of hydrogen-bond donors (Lipinski definition) is 0. The zero-order chi connectivity index (χ0) is 28.5. The van der Waals surface area contributed by atoms with Gasteiger partial charge in [-0.15, -0.1) is 0 Å². The Balaban J connectivity index is 1.48. The van der Waals surface area contributed by atoms with E-state index < -0.39 is 0 Å². The summed E-state index contributed by atoms with van der Waals surface area (Å²) in [5.41, 5.74) is 10.4. The molecule has 3 saturated carbocycles. The van der Waals surface area contributed by atoms with Crippen LogP contribution in [0.3, 0.4) is 0 Å². The van der Waals surface area contributed by atoms with Crippen LogP contribution in [0.25, 0.3) is 0 Å². The van der Waals surface area contributed by atoms with Gasteiger partial charge in [-0.3, -0.25) is 0 Å². The minimum Gasteiger partial charge on any atom is -0.381 e. The van der Waals surface area contributed by atoms with Crippen LogP contribution in [0.15, 0.2) is 58.7 Å². The molecule has 9 unspecified atom stereocenters. The van der Waals surface area contributed by atoms with Gasteiger partial charge >= 0.3 is 0 Å². The minimum absolute atomic E-state index is 0.0401. The fourth-order valence-corrected chi connectivity index (χ4v) is 11.4. The van der Waals surface area contributed by atoms with Crippen LogP contribution in [0.5, 0.6) is 0 Å². The van der Waals surface area contributed by atoms with Crippen LogP contribution in [0.4, 0.5) is 0 Å². The average Bonchev–Trinajstić information content (AvgIpc) is 2.85. The normalized spacial score (nSPS) is 44.6. The van der Waals surface area contributed by atoms with Crippen LogP contribution in [0.2, 0.25) is 0 Å². The van der Waals surface area contributed by atoms with Crippen LogP contribution in [-0.4, -0.2) is 13.2 Å². The second-order valence-electron chi connectivity index (χ2n) is 15.7. The van der Waals surface area contributed by atoms with Crippen LogP contribution in [-0.2, 0) is 4.74 Å². The molecule has 0 aromatic heterocycles. The summed E-state index contributed by atoms with van der Waals surface area (Å²) in [4.78, 5) is 0. The number of methoxy groups -OCH3 is 1. The minimum atomic E-state index is -0.0401. The first-order valence-corrected chi connectivity index (χ1v) is 16.3. The van der Waals surface area contributed by atoms with E-state index in [1.54, 1.807) is 11.1 Å². The Morgan fingerprint density at radius 1 is 1.03 bits per heavy atom. The Labute approximate surface area is 241 Å². The number of ether oxygens (including phenoxy) is 1. The van der Waals surface area contributed by atoms with Crippen molar-refractivity contribution in [2.75, 3.05) is 7.11 Å². The van der Waals surface area contributed by atoms with E-state index in [4.69, 9.17) is 17.9 Å². The summed E-state index contributed by atoms with van der Waals surface area (Å²) in [6.07, 6.45) is 15.1. The van der Waals surface area contributed by atoms with Crippen molar-refractivity contribution in [1.82, 2.24) is 0 Å². The maximum atomic E-state index is 5.77. The summed E-state index contributed by atoms with van der Waals surface area (Å²) in [5, 5.41) is 0. The van der Waals surface area contributed by atoms with Gasteiger partial charge in [0.25, 0.3) is 0 Å². The van der Waals surface area contributed by atoms with Gasteiger partial charge in [0.2, 0.25) is 0 Å². The lowest BCUT2D eigenvalue weighted by Crippen LogP contribution is -2.55. The van der Waals surface area contributed by atoms with Crippen molar-refractivity contribution in [1.29, 1.82) is 0 Å². The van der Waals surface area contributed by atoms with E-state index in [0.717, 1.165) is 30.1 Å². The number of hydrogen-bond acceptors (Lipinski definition) is 1. The van der Waals surface area contributed by atoms with Crippen molar-refractivity contribution in [3.8, 4) is 0 Å². The Morgan fingerprint density at radius 2 is 1.74 bits per heavy atom. The molecule has 5 aliphatic carbocycles. The molecule has 0 heterocycles. The number of allylic oxidation sites excluding steroid dienone is 7. The standard InChI is InChI=1S/C38H58O/c1-23(2)33-25(4)20-37(9)22-36(8)21-32-30(18-16-29-13-12-14-31(19-29)39-11)17-15-24(3)34(32)26(5)35(36)28(7)38(37,10)27(33)6/h24,29-32,34H,1,5-6,12-22H2,2-4,7-11H3. The molecule has 0 N–H and O–H groups in total. The maximum absolute atomic E-state index is 5.77. The number of fused-ring (bicyclic) bond motifs is 3. The maximum Gasteiger partial charge on any atom is 0.0574 e. The molecule has 0 amide bonds. The summed E-state index contributed by atoms with van der Waals surface area (Å²) >= 11 is 0. The first-order valence-electron chi connectivity index (χ1n) is 16.3. The third-order valence-corrected chi connectivity index (χ3v) is 13.2. The Morgan fingerprint density at radius 3 is 2.41 bits per heavy atom. The van der Waals surface area contributed by atoms with Gasteiger partial charge in [0.15, 0.2) is 0 Å². The highest BCUT2D eigenvalue weighted by Gasteiger charge is 2.61. The zero-order valence-corrected chi connectivity index (χ0v) is 26.8. The van der Waals surface area contributed by atoms with E-state index in [0.29, 0.717) is 12.0 Å². The SMILES string of the molecule is C=C(C)C1=C(C)CC2(C)CC3(C)CC4C(CCC5CCCC(OC)C5)CCC(C)C4C(=C)C3=C(C)C2(C)C1=C. The summed E-state index contributed by atoms with van der Waals surface area (Å²) in [5.74, 6) is 3.87. The largest absolute Gasteiger partial charge is 0.381 e. The van der Waals surface area contributed by atoms with E-state index in [-0.39, 0.29) is 16.2 Å². The van der Waals surface area contributed by atoms with Gasteiger partial charge in [0.05, 0.1) is 6.10 Å². The van der Waals surface area contributed by atoms with E-state index in [9.17, 15) is 0 Å². The molecule has 0 aliphatic heterocycles. The van der Waals surface area contributed by atoms with Crippen LogP contribution in [0, 0.1) is 45.8 Å². The van der Waals surface area contributed by atoms with Crippen LogP contribution in [0.1, 0.15) is 119 Å². The lowest BCUT2D eigenvalue weighted by atomic mass is 9.39. The fraction of sp³-hybridized carbons (Fsp3) is 0.737. The van der Waals surface area contributed by atoms with Gasteiger partial charge < -0.3 is 4.74 Å². The monoisotopic (exact) mass is 530 g/mol. The van der Waals surface area contributed by atoms with Crippen molar-refractivity contribution < 1.29 is 4.74 Å². The molecule has 0 aromatic rings. The quantitative estimate of drug-likeness (QED) is 0.343. The first kappa shape index (κ1) is 29.2. The molecule has 5 rings (SSSR count). The van der Waals surface area contributed by atoms with E-state index in [2.05, 4.69) is 55.0 Å². The van der Waals surface area contributed by atoms with Crippen molar-refractivity contribution >= 4 is 0 Å². The molecular formula is C38H58O. The molecule has 9 atom stereocenters. The lowest BCUT2D eigenvalue weighted by molar-refractivity contribution is -0.00567. The molecule has 0 saturated heterocycles. The molecule has 5 aliphatic rings. The fourth-order valence-electron chi connectivity index (χ4n) is 11.4. The summed E-state index contributed by atoms with van der Waals surface area (Å²) in [7, 11) is 1.91. The van der Waals surface area contributed by atoms with Gasteiger partial charge in [0, 0.05) is 12.5 Å². The van der Waals surface area contributed by atoms with Crippen LogP contribution >= 0.6 is 0 Å². The topological polar surface area (TPSA) is 9.23 Å². The number of rotatable bonds is 5. The van der Waals surface area contributed by atoms with E-state index in [1.165, 1.54) is 92.1 Å². The third-order valence-electron chi connectivity index (χ3n) is 13.2. The van der Waals surface area contributed by atoms with Crippen molar-refractivity contribution in [2.45, 2.75) is 125 Å². The molecule has 0 bridgehead atoms. The Kier molecular flexibility index (Phi) is 7.61. The highest BCUT2D eigenvalue weighted by Crippen LogP contribution is 2.72. The molecule has 0 aromatic carbocycles. The molecular weight excluding hydrogens is 472 g/mol. The second kappa shape index (κ2) is 10.2. The molecule has 0 spiro atoms. The van der Waals surface area contributed by atoms with E-state index in [1.807, 2.05) is 7.11 Å². The molecule has 216 valence electrons. The smallest absolute Gasteiger partial charge is 0.0574 e. The zero-order valence-electron chi connectivity index (χ0n) is 26.8. The predicted octanol–water partition coefficient (Wildman–Crippen LogP) is 10.8. The third kappa shape index (κ3) is 4.43. The van der Waals surface area contributed by atoms with Crippen LogP contribution < -0.4 is 0 Å². The lowest BCUT2D eigenvalue weighted by Gasteiger charge is -2.64. The van der Waals surface area contributed by atoms with Gasteiger partial charge in [-0.05, 0) is 135 Å².